The molecule has 0 spiro atoms. The molecule has 0 saturated carbocycles. The monoisotopic (exact) mass is 217 g/mol. The smallest absolute Gasteiger partial charge is 0.223 e. The summed E-state index contributed by atoms with van der Waals surface area (Å²) in [5.74, 6) is 3.08. The van der Waals surface area contributed by atoms with Crippen LogP contribution in [0.25, 0.3) is 0 Å². The van der Waals surface area contributed by atoms with Gasteiger partial charge in [-0.05, 0) is 25.5 Å². The molecule has 0 aliphatic heterocycles. The molecule has 0 saturated heterocycles. The van der Waals surface area contributed by atoms with E-state index in [1.165, 1.54) is 0 Å². The first kappa shape index (κ1) is 13.8. The topological polar surface area (TPSA) is 20.3 Å². The van der Waals surface area contributed by atoms with Gasteiger partial charge in [-0.3, -0.25) is 4.79 Å². The van der Waals surface area contributed by atoms with Crippen molar-refractivity contribution in [2.75, 3.05) is 18.6 Å². The second kappa shape index (κ2) is 7.16. The van der Waals surface area contributed by atoms with E-state index in [1.807, 2.05) is 37.6 Å². The molecule has 2 nitrogen and oxygen atoms in total. The Balaban J connectivity index is 3.54. The molecule has 0 N–H and O–H groups in total. The average molecular weight is 217 g/mol. The SMILES string of the molecule is CC(C)CSCCC(=O)N(C)C(C)C. The van der Waals surface area contributed by atoms with E-state index < -0.39 is 0 Å². The Morgan fingerprint density at radius 2 is 1.86 bits per heavy atom. The predicted molar refractivity (Wildman–Crippen MR) is 64.7 cm³/mol. The molecule has 0 aromatic rings. The van der Waals surface area contributed by atoms with Crippen molar-refractivity contribution in [2.24, 2.45) is 5.92 Å². The Labute approximate surface area is 92.4 Å². The highest BCUT2D eigenvalue weighted by molar-refractivity contribution is 7.99. The van der Waals surface area contributed by atoms with Gasteiger partial charge in [-0.15, -0.1) is 0 Å². The molecule has 0 heterocycles. The van der Waals surface area contributed by atoms with Crippen molar-refractivity contribution in [1.29, 1.82) is 0 Å². The van der Waals surface area contributed by atoms with E-state index >= 15 is 0 Å². The second-order valence-electron chi connectivity index (χ2n) is 4.32. The molecule has 0 bridgehead atoms. The van der Waals surface area contributed by atoms with Gasteiger partial charge >= 0.3 is 0 Å². The van der Waals surface area contributed by atoms with Crippen LogP contribution in [0, 0.1) is 5.92 Å². The van der Waals surface area contributed by atoms with Crippen LogP contribution in [0.1, 0.15) is 34.1 Å². The van der Waals surface area contributed by atoms with Crippen molar-refractivity contribution in [3.63, 3.8) is 0 Å². The van der Waals surface area contributed by atoms with E-state index in [2.05, 4.69) is 13.8 Å². The molecule has 84 valence electrons. The third kappa shape index (κ3) is 6.30. The number of thioether (sulfide) groups is 1. The zero-order chi connectivity index (χ0) is 11.1. The van der Waals surface area contributed by atoms with Gasteiger partial charge in [-0.2, -0.15) is 11.8 Å². The molecule has 0 unspecified atom stereocenters. The minimum Gasteiger partial charge on any atom is -0.343 e. The van der Waals surface area contributed by atoms with E-state index in [-0.39, 0.29) is 5.91 Å². The third-order valence-corrected chi connectivity index (χ3v) is 3.47. The minimum absolute atomic E-state index is 0.260. The van der Waals surface area contributed by atoms with Crippen LogP contribution in [-0.4, -0.2) is 35.4 Å². The molecular formula is C11H23NOS. The van der Waals surface area contributed by atoms with Crippen LogP contribution in [0.2, 0.25) is 0 Å². The molecule has 14 heavy (non-hydrogen) atoms. The van der Waals surface area contributed by atoms with Crippen molar-refractivity contribution < 1.29 is 4.79 Å². The van der Waals surface area contributed by atoms with Crippen LogP contribution in [-0.2, 0) is 4.79 Å². The molecule has 0 atom stereocenters. The number of hydrogen-bond donors (Lipinski definition) is 0. The fourth-order valence-electron chi connectivity index (χ4n) is 0.943. The summed E-state index contributed by atoms with van der Waals surface area (Å²) in [7, 11) is 1.88. The number of nitrogens with zero attached hydrogens (tertiary/aromatic N) is 1. The molecule has 0 aromatic carbocycles. The van der Waals surface area contributed by atoms with Crippen LogP contribution >= 0.6 is 11.8 Å². The van der Waals surface area contributed by atoms with Crippen LogP contribution in [0.3, 0.4) is 0 Å². The molecule has 0 fully saturated rings. The standard InChI is InChI=1S/C11H23NOS/c1-9(2)8-14-7-6-11(13)12(5)10(3)4/h9-10H,6-8H2,1-5H3. The largest absolute Gasteiger partial charge is 0.343 e. The zero-order valence-electron chi connectivity index (χ0n) is 10.0. The quantitative estimate of drug-likeness (QED) is 0.637. The molecule has 0 aromatic heterocycles. The number of hydrogen-bond acceptors (Lipinski definition) is 2. The van der Waals surface area contributed by atoms with Gasteiger partial charge in [0.25, 0.3) is 0 Å². The van der Waals surface area contributed by atoms with E-state index in [0.29, 0.717) is 12.5 Å². The lowest BCUT2D eigenvalue weighted by molar-refractivity contribution is -0.130. The van der Waals surface area contributed by atoms with Gasteiger partial charge in [0, 0.05) is 25.3 Å². The van der Waals surface area contributed by atoms with Crippen molar-refractivity contribution in [3.8, 4) is 0 Å². The normalized spacial score (nSPS) is 11.1. The van der Waals surface area contributed by atoms with E-state index in [9.17, 15) is 4.79 Å². The first-order valence-electron chi connectivity index (χ1n) is 5.28. The Morgan fingerprint density at radius 3 is 2.29 bits per heavy atom. The lowest BCUT2D eigenvalue weighted by atomic mass is 10.3. The molecule has 0 aliphatic rings. The minimum atomic E-state index is 0.260. The molecule has 0 aliphatic carbocycles. The number of rotatable bonds is 6. The van der Waals surface area contributed by atoms with Gasteiger partial charge in [0.2, 0.25) is 5.91 Å². The highest BCUT2D eigenvalue weighted by Gasteiger charge is 2.10. The van der Waals surface area contributed by atoms with E-state index in [4.69, 9.17) is 0 Å². The highest BCUT2D eigenvalue weighted by atomic mass is 32.2. The van der Waals surface area contributed by atoms with Crippen molar-refractivity contribution in [2.45, 2.75) is 40.2 Å². The Bertz CT molecular complexity index is 169. The first-order chi connectivity index (χ1) is 6.45. The zero-order valence-corrected chi connectivity index (χ0v) is 10.9. The van der Waals surface area contributed by atoms with Crippen LogP contribution in [0.5, 0.6) is 0 Å². The van der Waals surface area contributed by atoms with Crippen molar-refractivity contribution in [1.82, 2.24) is 4.90 Å². The summed E-state index contributed by atoms with van der Waals surface area (Å²) in [6.45, 7) is 8.49. The summed E-state index contributed by atoms with van der Waals surface area (Å²) < 4.78 is 0. The summed E-state index contributed by atoms with van der Waals surface area (Å²) in [5.41, 5.74) is 0. The van der Waals surface area contributed by atoms with Gasteiger partial charge in [0.1, 0.15) is 0 Å². The summed E-state index contributed by atoms with van der Waals surface area (Å²) in [4.78, 5) is 13.4. The molecule has 0 rings (SSSR count). The van der Waals surface area contributed by atoms with Crippen LogP contribution < -0.4 is 0 Å². The molecular weight excluding hydrogens is 194 g/mol. The van der Waals surface area contributed by atoms with Gasteiger partial charge in [0.05, 0.1) is 0 Å². The highest BCUT2D eigenvalue weighted by Crippen LogP contribution is 2.10. The lowest BCUT2D eigenvalue weighted by Crippen LogP contribution is -2.33. The summed E-state index contributed by atoms with van der Waals surface area (Å²) in [5, 5.41) is 0. The summed E-state index contributed by atoms with van der Waals surface area (Å²) in [6.07, 6.45) is 0.673. The Morgan fingerprint density at radius 1 is 1.29 bits per heavy atom. The predicted octanol–water partition coefficient (Wildman–Crippen LogP) is 2.63. The fourth-order valence-corrected chi connectivity index (χ4v) is 1.90. The number of amides is 1. The van der Waals surface area contributed by atoms with Crippen LogP contribution in [0.4, 0.5) is 0 Å². The summed E-state index contributed by atoms with van der Waals surface area (Å²) in [6, 6.07) is 0.317. The third-order valence-electron chi connectivity index (χ3n) is 2.08. The van der Waals surface area contributed by atoms with Gasteiger partial charge in [0.15, 0.2) is 0 Å². The molecule has 0 radical (unpaired) electrons. The maximum Gasteiger partial charge on any atom is 0.223 e. The number of carbonyl (C=O) groups is 1. The van der Waals surface area contributed by atoms with Crippen molar-refractivity contribution >= 4 is 17.7 Å². The lowest BCUT2D eigenvalue weighted by Gasteiger charge is -2.21. The van der Waals surface area contributed by atoms with Crippen molar-refractivity contribution in [3.05, 3.63) is 0 Å². The molecule has 3 heteroatoms. The maximum absolute atomic E-state index is 11.5. The first-order valence-corrected chi connectivity index (χ1v) is 6.44. The van der Waals surface area contributed by atoms with E-state index in [1.54, 1.807) is 0 Å². The van der Waals surface area contributed by atoms with E-state index in [0.717, 1.165) is 17.4 Å². The summed E-state index contributed by atoms with van der Waals surface area (Å²) >= 11 is 1.87. The maximum atomic E-state index is 11.5. The Kier molecular flexibility index (Phi) is 7.06. The molecule has 1 amide bonds. The van der Waals surface area contributed by atoms with Crippen LogP contribution in [0.15, 0.2) is 0 Å². The Hall–Kier alpha value is -0.180. The average Bonchev–Trinajstić information content (AvgIpc) is 2.10. The fraction of sp³-hybridized carbons (Fsp3) is 0.909. The second-order valence-corrected chi connectivity index (χ2v) is 5.47. The number of carbonyl (C=O) groups excluding carboxylic acids is 1. The van der Waals surface area contributed by atoms with Gasteiger partial charge in [-0.25, -0.2) is 0 Å². The van der Waals surface area contributed by atoms with Gasteiger partial charge < -0.3 is 4.90 Å². The van der Waals surface area contributed by atoms with Gasteiger partial charge in [-0.1, -0.05) is 13.8 Å².